The fraction of sp³-hybridized carbons (Fsp3) is 0.600. The van der Waals surface area contributed by atoms with Gasteiger partial charge in [0.1, 0.15) is 5.82 Å². The summed E-state index contributed by atoms with van der Waals surface area (Å²) in [7, 11) is 0. The van der Waals surface area contributed by atoms with Crippen LogP contribution < -0.4 is 5.32 Å². The highest BCUT2D eigenvalue weighted by Crippen LogP contribution is 2.30. The van der Waals surface area contributed by atoms with Crippen LogP contribution in [0.15, 0.2) is 18.2 Å². The van der Waals surface area contributed by atoms with Gasteiger partial charge in [0.25, 0.3) is 0 Å². The van der Waals surface area contributed by atoms with Gasteiger partial charge in [-0.2, -0.15) is 11.8 Å². The van der Waals surface area contributed by atoms with E-state index in [-0.39, 0.29) is 5.82 Å². The molecule has 1 aromatic rings. The van der Waals surface area contributed by atoms with Crippen molar-refractivity contribution in [2.45, 2.75) is 50.9 Å². The summed E-state index contributed by atoms with van der Waals surface area (Å²) in [5.41, 5.74) is 1.92. The Hall–Kier alpha value is -0.540. The normalized spacial score (nSPS) is 23.5. The molecule has 2 rings (SSSR count). The fourth-order valence-corrected chi connectivity index (χ4v) is 3.88. The first-order valence-corrected chi connectivity index (χ1v) is 7.85. The van der Waals surface area contributed by atoms with E-state index in [1.54, 1.807) is 6.07 Å². The van der Waals surface area contributed by atoms with Crippen molar-refractivity contribution in [3.8, 4) is 0 Å². The lowest BCUT2D eigenvalue weighted by atomic mass is 10.1. The van der Waals surface area contributed by atoms with Crippen molar-refractivity contribution in [1.29, 1.82) is 0 Å². The molecule has 0 radical (unpaired) electrons. The molecule has 2 unspecified atom stereocenters. The second kappa shape index (κ2) is 6.58. The standard InChI is InChI=1S/C15H22FNS/c1-3-18-15-6-4-5-14(15)17-10-12-9-11(2)7-8-13(12)16/h7-9,14-15,17H,3-6,10H2,1-2H3. The third kappa shape index (κ3) is 3.48. The van der Waals surface area contributed by atoms with Gasteiger partial charge in [-0.1, -0.05) is 31.0 Å². The van der Waals surface area contributed by atoms with Crippen LogP contribution in [-0.4, -0.2) is 17.0 Å². The van der Waals surface area contributed by atoms with E-state index in [9.17, 15) is 4.39 Å². The van der Waals surface area contributed by atoms with Crippen molar-refractivity contribution in [3.05, 3.63) is 35.1 Å². The van der Waals surface area contributed by atoms with Crippen molar-refractivity contribution in [2.75, 3.05) is 5.75 Å². The molecule has 1 nitrogen and oxygen atoms in total. The first kappa shape index (κ1) is 13.9. The summed E-state index contributed by atoms with van der Waals surface area (Å²) in [6.07, 6.45) is 3.82. The first-order chi connectivity index (χ1) is 8.70. The summed E-state index contributed by atoms with van der Waals surface area (Å²) < 4.78 is 13.6. The minimum atomic E-state index is -0.0919. The van der Waals surface area contributed by atoms with Gasteiger partial charge in [0, 0.05) is 23.4 Å². The molecule has 2 atom stereocenters. The number of nitrogens with one attached hydrogen (secondary N) is 1. The van der Waals surface area contributed by atoms with Gasteiger partial charge in [-0.05, 0) is 31.6 Å². The number of hydrogen-bond donors (Lipinski definition) is 1. The van der Waals surface area contributed by atoms with Gasteiger partial charge in [-0.15, -0.1) is 0 Å². The van der Waals surface area contributed by atoms with Crippen LogP contribution in [0.2, 0.25) is 0 Å². The van der Waals surface area contributed by atoms with Gasteiger partial charge in [0.2, 0.25) is 0 Å². The van der Waals surface area contributed by atoms with Crippen LogP contribution in [0.4, 0.5) is 4.39 Å². The highest BCUT2D eigenvalue weighted by molar-refractivity contribution is 7.99. The molecule has 0 saturated heterocycles. The minimum Gasteiger partial charge on any atom is -0.309 e. The molecular formula is C15H22FNS. The molecule has 0 aromatic heterocycles. The van der Waals surface area contributed by atoms with Crippen molar-refractivity contribution in [3.63, 3.8) is 0 Å². The maximum Gasteiger partial charge on any atom is 0.127 e. The number of rotatable bonds is 5. The number of thioether (sulfide) groups is 1. The molecule has 0 spiro atoms. The number of aryl methyl sites for hydroxylation is 1. The molecule has 1 aliphatic carbocycles. The summed E-state index contributed by atoms with van der Waals surface area (Å²) in [5.74, 6) is 1.08. The van der Waals surface area contributed by atoms with Gasteiger partial charge < -0.3 is 5.32 Å². The molecule has 0 bridgehead atoms. The van der Waals surface area contributed by atoms with Gasteiger partial charge in [0.05, 0.1) is 0 Å². The molecule has 1 fully saturated rings. The van der Waals surface area contributed by atoms with Crippen LogP contribution >= 0.6 is 11.8 Å². The lowest BCUT2D eigenvalue weighted by Crippen LogP contribution is -2.34. The van der Waals surface area contributed by atoms with E-state index in [2.05, 4.69) is 12.2 Å². The van der Waals surface area contributed by atoms with Crippen molar-refractivity contribution < 1.29 is 4.39 Å². The molecule has 3 heteroatoms. The zero-order valence-corrected chi connectivity index (χ0v) is 12.0. The van der Waals surface area contributed by atoms with E-state index in [0.29, 0.717) is 17.8 Å². The summed E-state index contributed by atoms with van der Waals surface area (Å²) in [4.78, 5) is 0. The maximum absolute atomic E-state index is 13.6. The minimum absolute atomic E-state index is 0.0919. The second-order valence-corrected chi connectivity index (χ2v) is 6.52. The van der Waals surface area contributed by atoms with E-state index in [4.69, 9.17) is 0 Å². The Bertz CT molecular complexity index is 394. The van der Waals surface area contributed by atoms with Crippen molar-refractivity contribution in [2.24, 2.45) is 0 Å². The third-order valence-electron chi connectivity index (χ3n) is 3.59. The van der Waals surface area contributed by atoms with Gasteiger partial charge in [0.15, 0.2) is 0 Å². The summed E-state index contributed by atoms with van der Waals surface area (Å²) in [5, 5.41) is 4.25. The molecule has 100 valence electrons. The molecule has 0 amide bonds. The summed E-state index contributed by atoms with van der Waals surface area (Å²) >= 11 is 2.03. The zero-order valence-electron chi connectivity index (χ0n) is 11.2. The van der Waals surface area contributed by atoms with Gasteiger partial charge in [-0.25, -0.2) is 4.39 Å². The highest BCUT2D eigenvalue weighted by Gasteiger charge is 2.26. The van der Waals surface area contributed by atoms with Crippen LogP contribution in [0.25, 0.3) is 0 Å². The van der Waals surface area contributed by atoms with Crippen LogP contribution in [-0.2, 0) is 6.54 Å². The summed E-state index contributed by atoms with van der Waals surface area (Å²) in [6, 6.07) is 5.89. The Kier molecular flexibility index (Phi) is 5.07. The highest BCUT2D eigenvalue weighted by atomic mass is 32.2. The lowest BCUT2D eigenvalue weighted by Gasteiger charge is -2.20. The maximum atomic E-state index is 13.6. The Morgan fingerprint density at radius 2 is 2.22 bits per heavy atom. The molecule has 1 aromatic carbocycles. The molecule has 0 heterocycles. The predicted octanol–water partition coefficient (Wildman–Crippen LogP) is 3.90. The Labute approximate surface area is 114 Å². The van der Waals surface area contributed by atoms with E-state index >= 15 is 0 Å². The van der Waals surface area contributed by atoms with Crippen LogP contribution in [0, 0.1) is 12.7 Å². The molecule has 18 heavy (non-hydrogen) atoms. The molecule has 1 aliphatic rings. The monoisotopic (exact) mass is 267 g/mol. The Morgan fingerprint density at radius 1 is 1.39 bits per heavy atom. The predicted molar refractivity (Wildman–Crippen MR) is 77.5 cm³/mol. The first-order valence-electron chi connectivity index (χ1n) is 6.80. The number of hydrogen-bond acceptors (Lipinski definition) is 2. The van der Waals surface area contributed by atoms with Gasteiger partial charge >= 0.3 is 0 Å². The van der Waals surface area contributed by atoms with Crippen LogP contribution in [0.5, 0.6) is 0 Å². The van der Waals surface area contributed by atoms with Crippen molar-refractivity contribution >= 4 is 11.8 Å². The molecule has 1 saturated carbocycles. The van der Waals surface area contributed by atoms with Crippen molar-refractivity contribution in [1.82, 2.24) is 5.32 Å². The van der Waals surface area contributed by atoms with E-state index in [1.165, 1.54) is 25.0 Å². The molecule has 0 aliphatic heterocycles. The third-order valence-corrected chi connectivity index (χ3v) is 4.91. The number of benzene rings is 1. The largest absolute Gasteiger partial charge is 0.309 e. The topological polar surface area (TPSA) is 12.0 Å². The second-order valence-electron chi connectivity index (χ2n) is 5.01. The SMILES string of the molecule is CCSC1CCCC1NCc1cc(C)ccc1F. The van der Waals surface area contributed by atoms with Crippen LogP contribution in [0.3, 0.4) is 0 Å². The number of halogens is 1. The summed E-state index contributed by atoms with van der Waals surface area (Å²) in [6.45, 7) is 4.87. The average Bonchev–Trinajstić information content (AvgIpc) is 2.78. The van der Waals surface area contributed by atoms with E-state index in [1.807, 2.05) is 30.8 Å². The van der Waals surface area contributed by atoms with Crippen LogP contribution in [0.1, 0.15) is 37.3 Å². The smallest absolute Gasteiger partial charge is 0.127 e. The lowest BCUT2D eigenvalue weighted by molar-refractivity contribution is 0.515. The van der Waals surface area contributed by atoms with Gasteiger partial charge in [-0.3, -0.25) is 0 Å². The average molecular weight is 267 g/mol. The zero-order chi connectivity index (χ0) is 13.0. The molecular weight excluding hydrogens is 245 g/mol. The fourth-order valence-electron chi connectivity index (χ4n) is 2.65. The van der Waals surface area contributed by atoms with E-state index < -0.39 is 0 Å². The Balaban J connectivity index is 1.92. The molecule has 1 N–H and O–H groups in total. The Morgan fingerprint density at radius 3 is 3.00 bits per heavy atom. The quantitative estimate of drug-likeness (QED) is 0.868. The van der Waals surface area contributed by atoms with E-state index in [0.717, 1.165) is 11.1 Å².